The van der Waals surface area contributed by atoms with Gasteiger partial charge in [0.05, 0.1) is 13.0 Å². The smallest absolute Gasteiger partial charge is 0.372 e. The van der Waals surface area contributed by atoms with Crippen molar-refractivity contribution >= 4 is 11.6 Å². The van der Waals surface area contributed by atoms with Crippen molar-refractivity contribution in [1.29, 1.82) is 0 Å². The Labute approximate surface area is 131 Å². The molecule has 128 valence electrons. The van der Waals surface area contributed by atoms with Crippen LogP contribution in [0.2, 0.25) is 0 Å². The Bertz CT molecular complexity index is 511. The van der Waals surface area contributed by atoms with Crippen LogP contribution in [0.3, 0.4) is 0 Å². The fourth-order valence-electron chi connectivity index (χ4n) is 2.37. The van der Waals surface area contributed by atoms with Gasteiger partial charge in [-0.3, -0.25) is 4.79 Å². The molecule has 23 heavy (non-hydrogen) atoms. The fourth-order valence-corrected chi connectivity index (χ4v) is 2.37. The lowest BCUT2D eigenvalue weighted by Crippen LogP contribution is -2.49. The van der Waals surface area contributed by atoms with Crippen LogP contribution in [0.1, 0.15) is 6.42 Å². The highest BCUT2D eigenvalue weighted by Crippen LogP contribution is 2.17. The van der Waals surface area contributed by atoms with Gasteiger partial charge in [-0.05, 0) is 24.3 Å². The number of hydrogen-bond donors (Lipinski definition) is 0. The molecule has 4 nitrogen and oxygen atoms in total. The summed E-state index contributed by atoms with van der Waals surface area (Å²) >= 11 is 0. The van der Waals surface area contributed by atoms with Gasteiger partial charge in [0.15, 0.2) is 0 Å². The highest BCUT2D eigenvalue weighted by Gasteiger charge is 2.27. The van der Waals surface area contributed by atoms with Crippen LogP contribution in [0.25, 0.3) is 0 Å². The molecule has 8 heteroatoms. The number of halogens is 4. The van der Waals surface area contributed by atoms with E-state index in [1.54, 1.807) is 17.0 Å². The first-order valence-electron chi connectivity index (χ1n) is 7.28. The van der Waals surface area contributed by atoms with Crippen LogP contribution in [0.15, 0.2) is 24.3 Å². The Balaban J connectivity index is 1.71. The summed E-state index contributed by atoms with van der Waals surface area (Å²) in [5.41, 5.74) is 0.881. The van der Waals surface area contributed by atoms with Gasteiger partial charge >= 0.3 is 6.18 Å². The topological polar surface area (TPSA) is 32.8 Å². The summed E-state index contributed by atoms with van der Waals surface area (Å²) in [5, 5.41) is 0. The van der Waals surface area contributed by atoms with E-state index in [1.165, 1.54) is 12.1 Å². The zero-order valence-electron chi connectivity index (χ0n) is 12.5. The maximum absolute atomic E-state index is 12.9. The van der Waals surface area contributed by atoms with Gasteiger partial charge < -0.3 is 14.5 Å². The first kappa shape index (κ1) is 17.5. The molecule has 1 aliphatic rings. The first-order chi connectivity index (χ1) is 10.8. The molecule has 1 aromatic rings. The van der Waals surface area contributed by atoms with Crippen LogP contribution in [0.5, 0.6) is 0 Å². The minimum atomic E-state index is -4.37. The predicted molar refractivity (Wildman–Crippen MR) is 76.7 cm³/mol. The molecule has 2 rings (SSSR count). The minimum absolute atomic E-state index is 0.0629. The van der Waals surface area contributed by atoms with Gasteiger partial charge in [-0.1, -0.05) is 0 Å². The van der Waals surface area contributed by atoms with E-state index in [1.807, 2.05) is 4.90 Å². The Hall–Kier alpha value is -1.83. The van der Waals surface area contributed by atoms with Gasteiger partial charge in [-0.2, -0.15) is 13.2 Å². The van der Waals surface area contributed by atoms with Crippen molar-refractivity contribution in [2.75, 3.05) is 44.3 Å². The predicted octanol–water partition coefficient (Wildman–Crippen LogP) is 2.44. The van der Waals surface area contributed by atoms with E-state index >= 15 is 0 Å². The van der Waals surface area contributed by atoms with Crippen LogP contribution in [0, 0.1) is 5.82 Å². The highest BCUT2D eigenvalue weighted by atomic mass is 19.4. The molecule has 1 amide bonds. The number of alkyl halides is 3. The molecule has 0 saturated carbocycles. The Kier molecular flexibility index (Phi) is 5.81. The lowest BCUT2D eigenvalue weighted by atomic mass is 10.2. The minimum Gasteiger partial charge on any atom is -0.372 e. The number of ether oxygens (including phenoxy) is 1. The molecule has 0 spiro atoms. The van der Waals surface area contributed by atoms with Gasteiger partial charge in [-0.25, -0.2) is 4.39 Å². The molecule has 0 aromatic heterocycles. The molecule has 0 unspecified atom stereocenters. The molecule has 0 N–H and O–H groups in total. The maximum atomic E-state index is 12.9. The third kappa shape index (κ3) is 5.70. The molecule has 1 saturated heterocycles. The summed E-state index contributed by atoms with van der Waals surface area (Å²) in [6.07, 6.45) is -4.43. The molecule has 1 fully saturated rings. The van der Waals surface area contributed by atoms with Gasteiger partial charge in [0.25, 0.3) is 0 Å². The van der Waals surface area contributed by atoms with E-state index < -0.39 is 12.8 Å². The van der Waals surface area contributed by atoms with Crippen LogP contribution < -0.4 is 4.90 Å². The number of carbonyl (C=O) groups is 1. The number of piperazine rings is 1. The average Bonchev–Trinajstić information content (AvgIpc) is 2.51. The summed E-state index contributed by atoms with van der Waals surface area (Å²) < 4.78 is 53.1. The summed E-state index contributed by atoms with van der Waals surface area (Å²) in [4.78, 5) is 15.5. The largest absolute Gasteiger partial charge is 0.411 e. The molecule has 0 atom stereocenters. The summed E-state index contributed by atoms with van der Waals surface area (Å²) in [6, 6.07) is 6.12. The summed E-state index contributed by atoms with van der Waals surface area (Å²) in [7, 11) is 0. The zero-order valence-corrected chi connectivity index (χ0v) is 12.5. The quantitative estimate of drug-likeness (QED) is 0.612. The summed E-state index contributed by atoms with van der Waals surface area (Å²) in [5.74, 6) is -0.521. The highest BCUT2D eigenvalue weighted by molar-refractivity contribution is 5.76. The molecule has 0 radical (unpaired) electrons. The van der Waals surface area contributed by atoms with Crippen molar-refractivity contribution < 1.29 is 27.1 Å². The van der Waals surface area contributed by atoms with Crippen molar-refractivity contribution in [3.63, 3.8) is 0 Å². The van der Waals surface area contributed by atoms with Crippen LogP contribution >= 0.6 is 0 Å². The first-order valence-corrected chi connectivity index (χ1v) is 7.28. The third-order valence-electron chi connectivity index (χ3n) is 3.55. The Morgan fingerprint density at radius 1 is 1.09 bits per heavy atom. The van der Waals surface area contributed by atoms with Crippen molar-refractivity contribution in [3.8, 4) is 0 Å². The van der Waals surface area contributed by atoms with Gasteiger partial charge in [0.1, 0.15) is 12.4 Å². The monoisotopic (exact) mass is 334 g/mol. The van der Waals surface area contributed by atoms with E-state index in [2.05, 4.69) is 4.74 Å². The van der Waals surface area contributed by atoms with Gasteiger partial charge in [0.2, 0.25) is 5.91 Å². The number of amides is 1. The maximum Gasteiger partial charge on any atom is 0.411 e. The molecule has 1 heterocycles. The van der Waals surface area contributed by atoms with E-state index in [0.717, 1.165) is 5.69 Å². The second-order valence-corrected chi connectivity index (χ2v) is 5.26. The number of carbonyl (C=O) groups excluding carboxylic acids is 1. The lowest BCUT2D eigenvalue weighted by Gasteiger charge is -2.36. The van der Waals surface area contributed by atoms with Crippen LogP contribution in [0.4, 0.5) is 23.2 Å². The van der Waals surface area contributed by atoms with Crippen LogP contribution in [-0.2, 0) is 9.53 Å². The van der Waals surface area contributed by atoms with Crippen molar-refractivity contribution in [3.05, 3.63) is 30.1 Å². The van der Waals surface area contributed by atoms with E-state index in [9.17, 15) is 22.4 Å². The number of benzene rings is 1. The lowest BCUT2D eigenvalue weighted by molar-refractivity contribution is -0.175. The number of anilines is 1. The van der Waals surface area contributed by atoms with E-state index in [4.69, 9.17) is 0 Å². The number of hydrogen-bond acceptors (Lipinski definition) is 3. The van der Waals surface area contributed by atoms with Crippen molar-refractivity contribution in [1.82, 2.24) is 4.90 Å². The fraction of sp³-hybridized carbons (Fsp3) is 0.533. The standard InChI is InChI=1S/C15H18F4N2O2/c16-12-1-3-13(4-2-12)20-6-8-21(9-7-20)14(22)5-10-23-11-15(17,18)19/h1-4H,5-11H2. The molecular formula is C15H18F4N2O2. The Morgan fingerprint density at radius 2 is 1.70 bits per heavy atom. The second kappa shape index (κ2) is 7.63. The molecule has 1 aliphatic heterocycles. The molecule has 1 aromatic carbocycles. The average molecular weight is 334 g/mol. The summed E-state index contributed by atoms with van der Waals surface area (Å²) in [6.45, 7) is 0.585. The molecule has 0 bridgehead atoms. The van der Waals surface area contributed by atoms with Crippen molar-refractivity contribution in [2.45, 2.75) is 12.6 Å². The normalized spacial score (nSPS) is 15.8. The van der Waals surface area contributed by atoms with Gasteiger partial charge in [0, 0.05) is 31.9 Å². The zero-order chi connectivity index (χ0) is 16.9. The second-order valence-electron chi connectivity index (χ2n) is 5.26. The number of rotatable bonds is 5. The van der Waals surface area contributed by atoms with Crippen molar-refractivity contribution in [2.24, 2.45) is 0 Å². The number of nitrogens with zero attached hydrogens (tertiary/aromatic N) is 2. The van der Waals surface area contributed by atoms with Gasteiger partial charge in [-0.15, -0.1) is 0 Å². The molecular weight excluding hydrogens is 316 g/mol. The van der Waals surface area contributed by atoms with E-state index in [0.29, 0.717) is 26.2 Å². The van der Waals surface area contributed by atoms with Crippen LogP contribution in [-0.4, -0.2) is 56.4 Å². The Morgan fingerprint density at radius 3 is 2.26 bits per heavy atom. The third-order valence-corrected chi connectivity index (χ3v) is 3.55. The molecule has 0 aliphatic carbocycles. The SMILES string of the molecule is O=C(CCOCC(F)(F)F)N1CCN(c2ccc(F)cc2)CC1. The van der Waals surface area contributed by atoms with E-state index in [-0.39, 0.29) is 24.8 Å².